The van der Waals surface area contributed by atoms with Gasteiger partial charge in [0, 0.05) is 22.1 Å². The first-order valence-corrected chi connectivity index (χ1v) is 8.89. The van der Waals surface area contributed by atoms with Crippen LogP contribution < -0.4 is 0 Å². The topological polar surface area (TPSA) is 58.9 Å². The highest BCUT2D eigenvalue weighted by atomic mass is 127. The molecule has 0 aliphatic carbocycles. The van der Waals surface area contributed by atoms with Crippen molar-refractivity contribution in [3.8, 4) is 0 Å². The standard InChI is InChI=1S/C11H22I2O4/c12-6-10(14)8-16-4-2-1-3-5-17-9-11(15)7-13/h10-11,14-15H,1-9H2. The average Bonchev–Trinajstić information content (AvgIpc) is 2.35. The quantitative estimate of drug-likeness (QED) is 0.259. The highest BCUT2D eigenvalue weighted by Crippen LogP contribution is 1.99. The van der Waals surface area contributed by atoms with Gasteiger partial charge in [-0.1, -0.05) is 45.2 Å². The van der Waals surface area contributed by atoms with Crippen LogP contribution in [0.3, 0.4) is 0 Å². The molecule has 2 unspecified atom stereocenters. The second-order valence-corrected chi connectivity index (χ2v) is 5.59. The summed E-state index contributed by atoms with van der Waals surface area (Å²) in [5.74, 6) is 0. The maximum atomic E-state index is 9.23. The van der Waals surface area contributed by atoms with E-state index in [1.165, 1.54) is 0 Å². The molecule has 0 aromatic rings. The van der Waals surface area contributed by atoms with Gasteiger partial charge in [-0.15, -0.1) is 0 Å². The van der Waals surface area contributed by atoms with Crippen LogP contribution in [0.1, 0.15) is 19.3 Å². The second-order valence-electron chi connectivity index (χ2n) is 3.83. The molecule has 0 bridgehead atoms. The van der Waals surface area contributed by atoms with Gasteiger partial charge in [0.1, 0.15) is 0 Å². The summed E-state index contributed by atoms with van der Waals surface area (Å²) in [4.78, 5) is 0. The fourth-order valence-electron chi connectivity index (χ4n) is 1.11. The Labute approximate surface area is 131 Å². The fraction of sp³-hybridized carbons (Fsp3) is 1.00. The molecule has 0 aromatic carbocycles. The minimum absolute atomic E-state index is 0.339. The van der Waals surface area contributed by atoms with Crippen molar-refractivity contribution in [3.05, 3.63) is 0 Å². The molecular formula is C11H22I2O4. The van der Waals surface area contributed by atoms with Crippen molar-refractivity contribution in [3.63, 3.8) is 0 Å². The summed E-state index contributed by atoms with van der Waals surface area (Å²) in [6, 6.07) is 0. The van der Waals surface area contributed by atoms with E-state index in [0.29, 0.717) is 35.3 Å². The smallest absolute Gasteiger partial charge is 0.0862 e. The molecule has 2 N–H and O–H groups in total. The van der Waals surface area contributed by atoms with E-state index in [1.54, 1.807) is 0 Å². The largest absolute Gasteiger partial charge is 0.390 e. The number of unbranched alkanes of at least 4 members (excludes halogenated alkanes) is 2. The highest BCUT2D eigenvalue weighted by Gasteiger charge is 2.01. The van der Waals surface area contributed by atoms with Crippen molar-refractivity contribution < 1.29 is 19.7 Å². The summed E-state index contributed by atoms with van der Waals surface area (Å²) in [6.07, 6.45) is 2.36. The third-order valence-electron chi connectivity index (χ3n) is 2.05. The molecule has 0 spiro atoms. The monoisotopic (exact) mass is 472 g/mol. The Balaban J connectivity index is 3.04. The van der Waals surface area contributed by atoms with Crippen LogP contribution in [0, 0.1) is 0 Å². The summed E-state index contributed by atoms with van der Waals surface area (Å²) in [6.45, 7) is 2.26. The van der Waals surface area contributed by atoms with Crippen molar-refractivity contribution in [2.75, 3.05) is 35.3 Å². The third kappa shape index (κ3) is 13.5. The van der Waals surface area contributed by atoms with Gasteiger partial charge in [-0.25, -0.2) is 0 Å². The molecule has 0 fully saturated rings. The zero-order chi connectivity index (χ0) is 12.9. The van der Waals surface area contributed by atoms with Gasteiger partial charge in [-0.3, -0.25) is 0 Å². The third-order valence-corrected chi connectivity index (χ3v) is 4.09. The normalized spacial score (nSPS) is 14.8. The van der Waals surface area contributed by atoms with Crippen molar-refractivity contribution in [1.82, 2.24) is 0 Å². The number of alkyl halides is 2. The second kappa shape index (κ2) is 13.7. The Kier molecular flexibility index (Phi) is 14.8. The Hall–Kier alpha value is 1.30. The number of hydrogen-bond donors (Lipinski definition) is 2. The molecule has 4 nitrogen and oxygen atoms in total. The van der Waals surface area contributed by atoms with Gasteiger partial charge in [0.25, 0.3) is 0 Å². The summed E-state index contributed by atoms with van der Waals surface area (Å²) >= 11 is 4.28. The van der Waals surface area contributed by atoms with E-state index < -0.39 is 0 Å². The number of aliphatic hydroxyl groups is 2. The van der Waals surface area contributed by atoms with Crippen molar-refractivity contribution in [2.24, 2.45) is 0 Å². The van der Waals surface area contributed by atoms with Gasteiger partial charge in [0.2, 0.25) is 0 Å². The highest BCUT2D eigenvalue weighted by molar-refractivity contribution is 14.1. The molecule has 0 heterocycles. The van der Waals surface area contributed by atoms with Crippen molar-refractivity contribution in [1.29, 1.82) is 0 Å². The molecule has 0 amide bonds. The van der Waals surface area contributed by atoms with Gasteiger partial charge < -0.3 is 19.7 Å². The van der Waals surface area contributed by atoms with Crippen LogP contribution in [0.2, 0.25) is 0 Å². The van der Waals surface area contributed by atoms with Crippen LogP contribution in [-0.2, 0) is 9.47 Å². The van der Waals surface area contributed by atoms with Gasteiger partial charge in [0.05, 0.1) is 25.4 Å². The first kappa shape index (κ1) is 18.3. The minimum Gasteiger partial charge on any atom is -0.390 e. The average molecular weight is 472 g/mol. The zero-order valence-corrected chi connectivity index (χ0v) is 14.3. The molecule has 2 atom stereocenters. The van der Waals surface area contributed by atoms with Gasteiger partial charge in [0.15, 0.2) is 0 Å². The minimum atomic E-state index is -0.339. The molecule has 0 radical (unpaired) electrons. The van der Waals surface area contributed by atoms with E-state index in [1.807, 2.05) is 0 Å². The predicted octanol–water partition coefficient (Wildman–Crippen LogP) is 1.78. The van der Waals surface area contributed by atoms with E-state index in [-0.39, 0.29) is 12.2 Å². The van der Waals surface area contributed by atoms with Crippen LogP contribution in [-0.4, -0.2) is 57.7 Å². The Morgan fingerprint density at radius 3 is 1.53 bits per heavy atom. The molecular weight excluding hydrogens is 450 g/mol. The van der Waals surface area contributed by atoms with E-state index in [4.69, 9.17) is 9.47 Å². The molecule has 17 heavy (non-hydrogen) atoms. The molecule has 0 saturated carbocycles. The maximum absolute atomic E-state index is 9.23. The zero-order valence-electron chi connectivity index (χ0n) is 9.99. The first-order chi connectivity index (χ1) is 8.20. The Bertz CT molecular complexity index is 144. The number of halogens is 2. The lowest BCUT2D eigenvalue weighted by Crippen LogP contribution is -2.17. The number of rotatable bonds is 12. The molecule has 6 heteroatoms. The van der Waals surface area contributed by atoms with Crippen LogP contribution >= 0.6 is 45.2 Å². The number of ether oxygens (including phenoxy) is 2. The van der Waals surface area contributed by atoms with Crippen LogP contribution in [0.4, 0.5) is 0 Å². The summed E-state index contributed by atoms with van der Waals surface area (Å²) in [7, 11) is 0. The molecule has 104 valence electrons. The lowest BCUT2D eigenvalue weighted by molar-refractivity contribution is 0.0401. The van der Waals surface area contributed by atoms with Crippen molar-refractivity contribution >= 4 is 45.2 Å². The van der Waals surface area contributed by atoms with Gasteiger partial charge >= 0.3 is 0 Å². The van der Waals surface area contributed by atoms with Crippen molar-refractivity contribution in [2.45, 2.75) is 31.5 Å². The van der Waals surface area contributed by atoms with Gasteiger partial charge in [-0.2, -0.15) is 0 Å². The van der Waals surface area contributed by atoms with Crippen LogP contribution in [0.5, 0.6) is 0 Å². The first-order valence-electron chi connectivity index (χ1n) is 5.84. The Morgan fingerprint density at radius 1 is 0.765 bits per heavy atom. The molecule has 0 aromatic heterocycles. The molecule has 0 saturated heterocycles. The molecule has 0 rings (SSSR count). The fourth-order valence-corrected chi connectivity index (χ4v) is 1.62. The predicted molar refractivity (Wildman–Crippen MR) is 85.3 cm³/mol. The summed E-state index contributed by atoms with van der Waals surface area (Å²) < 4.78 is 12.0. The molecule has 0 aliphatic heterocycles. The maximum Gasteiger partial charge on any atom is 0.0862 e. The number of aliphatic hydroxyl groups excluding tert-OH is 2. The Morgan fingerprint density at radius 2 is 1.18 bits per heavy atom. The van der Waals surface area contributed by atoms with Gasteiger partial charge in [-0.05, 0) is 19.3 Å². The lowest BCUT2D eigenvalue weighted by Gasteiger charge is -2.09. The van der Waals surface area contributed by atoms with E-state index in [9.17, 15) is 10.2 Å². The van der Waals surface area contributed by atoms with Crippen LogP contribution in [0.25, 0.3) is 0 Å². The summed E-state index contributed by atoms with van der Waals surface area (Å²) in [5, 5.41) is 18.5. The van der Waals surface area contributed by atoms with E-state index >= 15 is 0 Å². The SMILES string of the molecule is OC(CI)COCCCCCOCC(O)CI. The summed E-state index contributed by atoms with van der Waals surface area (Å²) in [5.41, 5.74) is 0. The molecule has 0 aliphatic rings. The van der Waals surface area contributed by atoms with Crippen LogP contribution in [0.15, 0.2) is 0 Å². The lowest BCUT2D eigenvalue weighted by atomic mass is 10.2. The van der Waals surface area contributed by atoms with E-state index in [0.717, 1.165) is 19.3 Å². The number of hydrogen-bond acceptors (Lipinski definition) is 4. The van der Waals surface area contributed by atoms with E-state index in [2.05, 4.69) is 45.2 Å².